The van der Waals surface area contributed by atoms with Crippen molar-refractivity contribution in [1.29, 1.82) is 0 Å². The molecule has 5 heteroatoms. The summed E-state index contributed by atoms with van der Waals surface area (Å²) in [4.78, 5) is 12.7. The highest BCUT2D eigenvalue weighted by Gasteiger charge is 2.20. The summed E-state index contributed by atoms with van der Waals surface area (Å²) in [5.74, 6) is 0.158. The van der Waals surface area contributed by atoms with E-state index < -0.39 is 0 Å². The summed E-state index contributed by atoms with van der Waals surface area (Å²) in [6.07, 6.45) is 0.492. The summed E-state index contributed by atoms with van der Waals surface area (Å²) >= 11 is 4.84. The zero-order chi connectivity index (χ0) is 10.7. The van der Waals surface area contributed by atoms with Crippen molar-refractivity contribution in [3.05, 3.63) is 20.8 Å². The first kappa shape index (κ1) is 11.3. The summed E-state index contributed by atoms with van der Waals surface area (Å²) in [5.41, 5.74) is 0. The molecule has 1 N–H and O–H groups in total. The van der Waals surface area contributed by atoms with Crippen LogP contribution in [0.2, 0.25) is 0 Å². The second kappa shape index (κ2) is 5.21. The van der Waals surface area contributed by atoms with Crippen LogP contribution < -0.4 is 5.32 Å². The average Bonchev–Trinajstić information content (AvgIpc) is 2.66. The lowest BCUT2D eigenvalue weighted by atomic mass is 10.1. The molecule has 1 unspecified atom stereocenters. The molecule has 0 amide bonds. The number of ether oxygens (including phenoxy) is 1. The Kier molecular flexibility index (Phi) is 3.91. The van der Waals surface area contributed by atoms with Gasteiger partial charge < -0.3 is 10.1 Å². The van der Waals surface area contributed by atoms with Crippen molar-refractivity contribution >= 4 is 33.0 Å². The van der Waals surface area contributed by atoms with E-state index in [4.69, 9.17) is 4.74 Å². The van der Waals surface area contributed by atoms with Gasteiger partial charge in [0, 0.05) is 24.0 Å². The minimum atomic E-state index is 0.0280. The molecule has 1 aliphatic rings. The van der Waals surface area contributed by atoms with E-state index >= 15 is 0 Å². The van der Waals surface area contributed by atoms with Crippen molar-refractivity contribution < 1.29 is 9.53 Å². The molecule has 0 radical (unpaired) electrons. The number of thiophene rings is 1. The molecule has 0 aromatic carbocycles. The SMILES string of the molecule is O=C(CC1CNCCO1)c1sccc1Br. The lowest BCUT2D eigenvalue weighted by molar-refractivity contribution is 0.0241. The van der Waals surface area contributed by atoms with Crippen LogP contribution in [0.25, 0.3) is 0 Å². The maximum atomic E-state index is 11.9. The first-order valence-corrected chi connectivity index (χ1v) is 6.53. The molecule has 0 saturated carbocycles. The van der Waals surface area contributed by atoms with Crippen molar-refractivity contribution in [2.24, 2.45) is 0 Å². The van der Waals surface area contributed by atoms with E-state index in [0.29, 0.717) is 13.0 Å². The van der Waals surface area contributed by atoms with Crippen LogP contribution in [0.15, 0.2) is 15.9 Å². The third-order valence-corrected chi connectivity index (χ3v) is 4.17. The molecule has 1 saturated heterocycles. The fourth-order valence-corrected chi connectivity index (χ4v) is 3.09. The molecule has 0 spiro atoms. The third kappa shape index (κ3) is 2.87. The zero-order valence-corrected chi connectivity index (χ0v) is 10.6. The average molecular weight is 290 g/mol. The highest BCUT2D eigenvalue weighted by Crippen LogP contribution is 2.24. The van der Waals surface area contributed by atoms with Gasteiger partial charge in [0.05, 0.1) is 17.6 Å². The van der Waals surface area contributed by atoms with E-state index in [-0.39, 0.29) is 11.9 Å². The molecule has 2 rings (SSSR count). The van der Waals surface area contributed by atoms with Crippen LogP contribution in [-0.2, 0) is 4.74 Å². The molecule has 1 aromatic heterocycles. The minimum absolute atomic E-state index is 0.0280. The maximum Gasteiger partial charge on any atom is 0.176 e. The van der Waals surface area contributed by atoms with Crippen molar-refractivity contribution in [2.75, 3.05) is 19.7 Å². The van der Waals surface area contributed by atoms with Gasteiger partial charge in [-0.1, -0.05) is 0 Å². The standard InChI is InChI=1S/C10H12BrNO2S/c11-8-1-4-15-10(8)9(13)5-7-6-12-2-3-14-7/h1,4,7,12H,2-3,5-6H2. The number of carbonyl (C=O) groups excluding carboxylic acids is 1. The Bertz CT molecular complexity index is 347. The van der Waals surface area contributed by atoms with Gasteiger partial charge in [-0.15, -0.1) is 11.3 Å². The number of morpholine rings is 1. The van der Waals surface area contributed by atoms with E-state index in [1.807, 2.05) is 11.4 Å². The van der Waals surface area contributed by atoms with Crippen molar-refractivity contribution in [2.45, 2.75) is 12.5 Å². The van der Waals surface area contributed by atoms with Gasteiger partial charge in [0.1, 0.15) is 0 Å². The van der Waals surface area contributed by atoms with Gasteiger partial charge in [0.2, 0.25) is 0 Å². The van der Waals surface area contributed by atoms with Crippen LogP contribution in [0.4, 0.5) is 0 Å². The molecule has 1 fully saturated rings. The molecule has 1 aliphatic heterocycles. The van der Waals surface area contributed by atoms with E-state index in [1.165, 1.54) is 11.3 Å². The second-order valence-electron chi connectivity index (χ2n) is 3.42. The summed E-state index contributed by atoms with van der Waals surface area (Å²) in [7, 11) is 0. The fraction of sp³-hybridized carbons (Fsp3) is 0.500. The van der Waals surface area contributed by atoms with Crippen molar-refractivity contribution in [1.82, 2.24) is 5.32 Å². The van der Waals surface area contributed by atoms with Gasteiger partial charge in [-0.2, -0.15) is 0 Å². The Labute approximate surface area is 101 Å². The monoisotopic (exact) mass is 289 g/mol. The highest BCUT2D eigenvalue weighted by molar-refractivity contribution is 9.10. The predicted molar refractivity (Wildman–Crippen MR) is 63.6 cm³/mol. The van der Waals surface area contributed by atoms with Gasteiger partial charge in [0.15, 0.2) is 5.78 Å². The number of Topliss-reactive ketones (excluding diaryl/α,β-unsaturated/α-hetero) is 1. The number of carbonyl (C=O) groups is 1. The lowest BCUT2D eigenvalue weighted by Crippen LogP contribution is -2.39. The lowest BCUT2D eigenvalue weighted by Gasteiger charge is -2.22. The molecule has 2 heterocycles. The van der Waals surface area contributed by atoms with Crippen LogP contribution in [0, 0.1) is 0 Å². The van der Waals surface area contributed by atoms with Gasteiger partial charge in [0.25, 0.3) is 0 Å². The van der Waals surface area contributed by atoms with Gasteiger partial charge >= 0.3 is 0 Å². The first-order chi connectivity index (χ1) is 7.27. The van der Waals surface area contributed by atoms with E-state index in [1.54, 1.807) is 0 Å². The molecular formula is C10H12BrNO2S. The van der Waals surface area contributed by atoms with Crippen LogP contribution in [0.1, 0.15) is 16.1 Å². The Balaban J connectivity index is 1.94. The number of ketones is 1. The van der Waals surface area contributed by atoms with Crippen LogP contribution in [-0.4, -0.2) is 31.6 Å². The Morgan fingerprint density at radius 2 is 2.60 bits per heavy atom. The molecule has 1 atom stereocenters. The quantitative estimate of drug-likeness (QED) is 0.866. The largest absolute Gasteiger partial charge is 0.375 e. The fourth-order valence-electron chi connectivity index (χ4n) is 1.54. The topological polar surface area (TPSA) is 38.3 Å². The van der Waals surface area contributed by atoms with Gasteiger partial charge in [-0.25, -0.2) is 0 Å². The smallest absolute Gasteiger partial charge is 0.176 e. The molecular weight excluding hydrogens is 278 g/mol. The van der Waals surface area contributed by atoms with Gasteiger partial charge in [-0.05, 0) is 27.4 Å². The van der Waals surface area contributed by atoms with Crippen molar-refractivity contribution in [3.8, 4) is 0 Å². The Hall–Kier alpha value is -0.230. The number of hydrogen-bond acceptors (Lipinski definition) is 4. The highest BCUT2D eigenvalue weighted by atomic mass is 79.9. The minimum Gasteiger partial charge on any atom is -0.375 e. The van der Waals surface area contributed by atoms with E-state index in [0.717, 1.165) is 22.4 Å². The zero-order valence-electron chi connectivity index (χ0n) is 8.16. The summed E-state index contributed by atoms with van der Waals surface area (Å²) in [6.45, 7) is 2.35. The molecule has 15 heavy (non-hydrogen) atoms. The number of hydrogen-bond donors (Lipinski definition) is 1. The van der Waals surface area contributed by atoms with E-state index in [9.17, 15) is 4.79 Å². The first-order valence-electron chi connectivity index (χ1n) is 4.86. The van der Waals surface area contributed by atoms with Crippen molar-refractivity contribution in [3.63, 3.8) is 0 Å². The maximum absolute atomic E-state index is 11.9. The van der Waals surface area contributed by atoms with Crippen LogP contribution in [0.3, 0.4) is 0 Å². The summed E-state index contributed by atoms with van der Waals surface area (Å²) < 4.78 is 6.38. The molecule has 82 valence electrons. The van der Waals surface area contributed by atoms with E-state index in [2.05, 4.69) is 21.2 Å². The third-order valence-electron chi connectivity index (χ3n) is 2.29. The Morgan fingerprint density at radius 3 is 3.20 bits per heavy atom. The van der Waals surface area contributed by atoms with Crippen LogP contribution in [0.5, 0.6) is 0 Å². The number of rotatable bonds is 3. The van der Waals surface area contributed by atoms with Gasteiger partial charge in [-0.3, -0.25) is 4.79 Å². The molecule has 1 aromatic rings. The number of nitrogens with one attached hydrogen (secondary N) is 1. The molecule has 3 nitrogen and oxygen atoms in total. The Morgan fingerprint density at radius 1 is 1.73 bits per heavy atom. The second-order valence-corrected chi connectivity index (χ2v) is 5.19. The number of halogens is 1. The van der Waals surface area contributed by atoms with Crippen LogP contribution >= 0.6 is 27.3 Å². The summed E-state index contributed by atoms with van der Waals surface area (Å²) in [5, 5.41) is 5.13. The summed E-state index contributed by atoms with van der Waals surface area (Å²) in [6, 6.07) is 1.90. The normalized spacial score (nSPS) is 21.5. The molecule has 0 aliphatic carbocycles. The predicted octanol–water partition coefficient (Wildman–Crippen LogP) is 2.07. The molecule has 0 bridgehead atoms.